The highest BCUT2D eigenvalue weighted by Crippen LogP contribution is 2.07. The van der Waals surface area contributed by atoms with Gasteiger partial charge in [-0.2, -0.15) is 5.10 Å². The first-order chi connectivity index (χ1) is 9.49. The van der Waals surface area contributed by atoms with Gasteiger partial charge in [0.2, 0.25) is 0 Å². The van der Waals surface area contributed by atoms with Gasteiger partial charge in [-0.15, -0.1) is 0 Å². The van der Waals surface area contributed by atoms with Gasteiger partial charge in [-0.05, 0) is 13.3 Å². The number of hydrogen-bond donors (Lipinski definition) is 0. The van der Waals surface area contributed by atoms with Crippen molar-refractivity contribution in [3.63, 3.8) is 0 Å². The van der Waals surface area contributed by atoms with Crippen LogP contribution in [0.15, 0.2) is 28.7 Å². The quantitative estimate of drug-likeness (QED) is 0.578. The Morgan fingerprint density at radius 2 is 2.25 bits per heavy atom. The van der Waals surface area contributed by atoms with Crippen LogP contribution in [-0.2, 0) is 16.1 Å². The van der Waals surface area contributed by atoms with Gasteiger partial charge in [0.05, 0.1) is 25.5 Å². The number of carbonyl (C=O) groups is 1. The fraction of sp³-hybridized carbons (Fsp3) is 0.500. The molecule has 0 saturated heterocycles. The lowest BCUT2D eigenvalue weighted by molar-refractivity contribution is -0.136. The highest BCUT2D eigenvalue weighted by molar-refractivity contribution is 5.87. The number of nitrogens with zero attached hydrogens (tertiary/aromatic N) is 3. The number of methoxy groups -OCH3 is 1. The Bertz CT molecular complexity index is 549. The molecule has 0 radical (unpaired) electrons. The van der Waals surface area contributed by atoms with Crippen molar-refractivity contribution in [3.8, 4) is 0 Å². The van der Waals surface area contributed by atoms with E-state index in [0.717, 1.165) is 18.7 Å². The standard InChI is InChI=1S/C14H21N3O3/c1-5-7-16(3)12-9-13(18)17(15-10-12)8-6-11(2)14(19)20-4/h6,9-10H,5,7-8H2,1-4H3/b11-6-. The second kappa shape index (κ2) is 7.47. The summed E-state index contributed by atoms with van der Waals surface area (Å²) in [5.41, 5.74) is 1.05. The van der Waals surface area contributed by atoms with Gasteiger partial charge in [-0.1, -0.05) is 13.0 Å². The Labute approximate surface area is 118 Å². The monoisotopic (exact) mass is 279 g/mol. The van der Waals surface area contributed by atoms with E-state index < -0.39 is 5.97 Å². The van der Waals surface area contributed by atoms with Gasteiger partial charge in [0, 0.05) is 25.2 Å². The van der Waals surface area contributed by atoms with Gasteiger partial charge in [-0.25, -0.2) is 9.48 Å². The molecule has 0 aliphatic heterocycles. The lowest BCUT2D eigenvalue weighted by Gasteiger charge is -2.17. The molecule has 6 nitrogen and oxygen atoms in total. The number of aromatic nitrogens is 2. The van der Waals surface area contributed by atoms with Gasteiger partial charge in [-0.3, -0.25) is 4.79 Å². The zero-order valence-electron chi connectivity index (χ0n) is 12.4. The predicted molar refractivity (Wildman–Crippen MR) is 77.8 cm³/mol. The molecule has 1 heterocycles. The molecule has 6 heteroatoms. The van der Waals surface area contributed by atoms with E-state index in [1.165, 1.54) is 11.8 Å². The Morgan fingerprint density at radius 3 is 2.80 bits per heavy atom. The molecule has 0 atom stereocenters. The molecule has 0 N–H and O–H groups in total. The summed E-state index contributed by atoms with van der Waals surface area (Å²) in [7, 11) is 3.24. The van der Waals surface area contributed by atoms with Crippen LogP contribution in [0.3, 0.4) is 0 Å². The zero-order chi connectivity index (χ0) is 15.1. The van der Waals surface area contributed by atoms with E-state index in [-0.39, 0.29) is 12.1 Å². The van der Waals surface area contributed by atoms with Gasteiger partial charge in [0.1, 0.15) is 0 Å². The average molecular weight is 279 g/mol. The van der Waals surface area contributed by atoms with E-state index in [0.29, 0.717) is 5.57 Å². The summed E-state index contributed by atoms with van der Waals surface area (Å²) in [4.78, 5) is 25.1. The van der Waals surface area contributed by atoms with Crippen LogP contribution in [0.5, 0.6) is 0 Å². The third kappa shape index (κ3) is 4.22. The number of esters is 1. The minimum absolute atomic E-state index is 0.195. The summed E-state index contributed by atoms with van der Waals surface area (Å²) in [5, 5.41) is 4.10. The maximum absolute atomic E-state index is 11.9. The van der Waals surface area contributed by atoms with Crippen LogP contribution in [0.1, 0.15) is 20.3 Å². The molecule has 1 aromatic rings. The van der Waals surface area contributed by atoms with Gasteiger partial charge in [0.15, 0.2) is 0 Å². The van der Waals surface area contributed by atoms with Crippen LogP contribution in [0.4, 0.5) is 5.69 Å². The molecule has 0 amide bonds. The van der Waals surface area contributed by atoms with Crippen molar-refractivity contribution in [2.45, 2.75) is 26.8 Å². The summed E-state index contributed by atoms with van der Waals surface area (Å²) in [6.45, 7) is 4.83. The van der Waals surface area contributed by atoms with Crippen LogP contribution in [-0.4, -0.2) is 36.5 Å². The first kappa shape index (κ1) is 15.9. The Kier molecular flexibility index (Phi) is 5.96. The van der Waals surface area contributed by atoms with Crippen molar-refractivity contribution in [2.24, 2.45) is 0 Å². The summed E-state index contributed by atoms with van der Waals surface area (Å²) < 4.78 is 5.89. The second-order valence-corrected chi connectivity index (χ2v) is 4.53. The Hall–Kier alpha value is -2.11. The van der Waals surface area contributed by atoms with Crippen molar-refractivity contribution in [1.29, 1.82) is 0 Å². The maximum Gasteiger partial charge on any atom is 0.333 e. The molecule has 0 aliphatic rings. The fourth-order valence-corrected chi connectivity index (χ4v) is 1.70. The van der Waals surface area contributed by atoms with Crippen LogP contribution < -0.4 is 10.5 Å². The van der Waals surface area contributed by atoms with Crippen molar-refractivity contribution in [1.82, 2.24) is 9.78 Å². The van der Waals surface area contributed by atoms with Gasteiger partial charge < -0.3 is 9.64 Å². The van der Waals surface area contributed by atoms with Gasteiger partial charge >= 0.3 is 5.97 Å². The highest BCUT2D eigenvalue weighted by Gasteiger charge is 2.05. The fourth-order valence-electron chi connectivity index (χ4n) is 1.70. The molecule has 110 valence electrons. The number of allylic oxidation sites excluding steroid dienone is 1. The molecule has 0 saturated carbocycles. The lowest BCUT2D eigenvalue weighted by Crippen LogP contribution is -2.26. The van der Waals surface area contributed by atoms with E-state index in [1.807, 2.05) is 11.9 Å². The maximum atomic E-state index is 11.9. The third-order valence-electron chi connectivity index (χ3n) is 2.93. The normalized spacial score (nSPS) is 11.3. The van der Waals surface area contributed by atoms with E-state index >= 15 is 0 Å². The Morgan fingerprint density at radius 1 is 1.55 bits per heavy atom. The number of anilines is 1. The summed E-state index contributed by atoms with van der Waals surface area (Å²) >= 11 is 0. The molecule has 0 unspecified atom stereocenters. The number of rotatable bonds is 6. The van der Waals surface area contributed by atoms with Crippen LogP contribution in [0.25, 0.3) is 0 Å². The second-order valence-electron chi connectivity index (χ2n) is 4.53. The zero-order valence-corrected chi connectivity index (χ0v) is 12.4. The largest absolute Gasteiger partial charge is 0.466 e. The van der Waals surface area contributed by atoms with E-state index in [9.17, 15) is 9.59 Å². The predicted octanol–water partition coefficient (Wildman–Crippen LogP) is 1.21. The molecular formula is C14H21N3O3. The van der Waals surface area contributed by atoms with Gasteiger partial charge in [0.25, 0.3) is 5.56 Å². The van der Waals surface area contributed by atoms with Crippen molar-refractivity contribution >= 4 is 11.7 Å². The molecule has 1 aromatic heterocycles. The topological polar surface area (TPSA) is 64.4 Å². The molecule has 1 rings (SSSR count). The smallest absolute Gasteiger partial charge is 0.333 e. The van der Waals surface area contributed by atoms with E-state index in [2.05, 4.69) is 16.8 Å². The lowest BCUT2D eigenvalue weighted by atomic mass is 10.3. The first-order valence-corrected chi connectivity index (χ1v) is 6.53. The molecule has 0 aliphatic carbocycles. The van der Waals surface area contributed by atoms with E-state index in [4.69, 9.17) is 0 Å². The van der Waals surface area contributed by atoms with Crippen LogP contribution in [0.2, 0.25) is 0 Å². The Balaban J connectivity index is 2.84. The average Bonchev–Trinajstić information content (AvgIpc) is 2.44. The molecule has 0 bridgehead atoms. The first-order valence-electron chi connectivity index (χ1n) is 6.53. The summed E-state index contributed by atoms with van der Waals surface area (Å²) in [5.74, 6) is -0.405. The van der Waals surface area contributed by atoms with E-state index in [1.54, 1.807) is 25.3 Å². The summed E-state index contributed by atoms with van der Waals surface area (Å²) in [6.07, 6.45) is 4.27. The molecule has 20 heavy (non-hydrogen) atoms. The minimum atomic E-state index is -0.405. The summed E-state index contributed by atoms with van der Waals surface area (Å²) in [6, 6.07) is 1.55. The van der Waals surface area contributed by atoms with Crippen molar-refractivity contribution in [2.75, 3.05) is 25.6 Å². The number of ether oxygens (including phenoxy) is 1. The third-order valence-corrected chi connectivity index (χ3v) is 2.93. The molecular weight excluding hydrogens is 258 g/mol. The van der Waals surface area contributed by atoms with Crippen molar-refractivity contribution < 1.29 is 9.53 Å². The molecule has 0 spiro atoms. The minimum Gasteiger partial charge on any atom is -0.466 e. The molecule has 0 fully saturated rings. The highest BCUT2D eigenvalue weighted by atomic mass is 16.5. The SMILES string of the molecule is CCCN(C)c1cnn(C/C=C(/C)C(=O)OC)c(=O)c1. The number of carbonyl (C=O) groups excluding carboxylic acids is 1. The van der Waals surface area contributed by atoms with Crippen molar-refractivity contribution in [3.05, 3.63) is 34.3 Å². The molecule has 0 aromatic carbocycles. The van der Waals surface area contributed by atoms with Crippen LogP contribution >= 0.6 is 0 Å². The number of hydrogen-bond acceptors (Lipinski definition) is 5. The van der Waals surface area contributed by atoms with Crippen LogP contribution in [0, 0.1) is 0 Å².